The predicted molar refractivity (Wildman–Crippen MR) is 67.1 cm³/mol. The molecule has 1 rings (SSSR count). The molecule has 1 fully saturated rings. The van der Waals surface area contributed by atoms with Crippen LogP contribution in [0, 0.1) is 0 Å². The third-order valence-electron chi connectivity index (χ3n) is 2.88. The van der Waals surface area contributed by atoms with Gasteiger partial charge in [0.15, 0.2) is 0 Å². The van der Waals surface area contributed by atoms with E-state index < -0.39 is 16.7 Å². The number of sulfonamides is 1. The fourth-order valence-corrected chi connectivity index (χ4v) is 4.42. The molecule has 0 heterocycles. The molecule has 0 amide bonds. The van der Waals surface area contributed by atoms with E-state index in [0.717, 1.165) is 19.3 Å². The van der Waals surface area contributed by atoms with E-state index in [1.807, 2.05) is 6.26 Å². The van der Waals surface area contributed by atoms with Gasteiger partial charge >= 0.3 is 0 Å². The van der Waals surface area contributed by atoms with Gasteiger partial charge in [0, 0.05) is 11.3 Å². The Hall–Kier alpha value is 0.190. The highest BCUT2D eigenvalue weighted by Gasteiger charge is 2.27. The van der Waals surface area contributed by atoms with Gasteiger partial charge in [-0.3, -0.25) is 4.39 Å². The maximum Gasteiger partial charge on any atom is 0.211 e. The second kappa shape index (κ2) is 6.81. The van der Waals surface area contributed by atoms with Crippen LogP contribution >= 0.6 is 11.8 Å². The molecule has 0 spiro atoms. The molecule has 0 aromatic rings. The van der Waals surface area contributed by atoms with E-state index in [-0.39, 0.29) is 18.2 Å². The standard InChI is InChI=1S/C10H20FNO2S2/c1-15-10-6-3-2-5-9(10)12-16(13,14)8-4-7-11/h9-10,12H,2-8H2,1H3/t9-,10+/m0/s1. The summed E-state index contributed by atoms with van der Waals surface area (Å²) in [6.07, 6.45) is 6.32. The van der Waals surface area contributed by atoms with Crippen molar-refractivity contribution < 1.29 is 12.8 Å². The minimum absolute atomic E-state index is 0.0355. The van der Waals surface area contributed by atoms with Gasteiger partial charge in [0.25, 0.3) is 0 Å². The second-order valence-electron chi connectivity index (χ2n) is 4.14. The first kappa shape index (κ1) is 14.3. The summed E-state index contributed by atoms with van der Waals surface area (Å²) in [5.41, 5.74) is 0. The second-order valence-corrected chi connectivity index (χ2v) is 7.09. The number of hydrogen-bond donors (Lipinski definition) is 1. The number of alkyl halides is 1. The smallest absolute Gasteiger partial charge is 0.211 e. The van der Waals surface area contributed by atoms with Crippen molar-refractivity contribution in [2.75, 3.05) is 18.7 Å². The normalized spacial score (nSPS) is 26.9. The summed E-state index contributed by atoms with van der Waals surface area (Å²) in [5, 5.41) is 0.369. The Bertz CT molecular complexity index is 295. The molecule has 0 saturated heterocycles. The summed E-state index contributed by atoms with van der Waals surface area (Å²) < 4.78 is 37.9. The Morgan fingerprint density at radius 2 is 2.06 bits per heavy atom. The number of halogens is 1. The lowest BCUT2D eigenvalue weighted by Crippen LogP contribution is -2.44. The van der Waals surface area contributed by atoms with Crippen molar-refractivity contribution in [3.05, 3.63) is 0 Å². The number of thioether (sulfide) groups is 1. The molecular weight excluding hydrogens is 249 g/mol. The van der Waals surface area contributed by atoms with Gasteiger partial charge in [-0.1, -0.05) is 12.8 Å². The SMILES string of the molecule is CS[C@@H]1CCCC[C@@H]1NS(=O)(=O)CCCF. The molecule has 2 atom stereocenters. The quantitative estimate of drug-likeness (QED) is 0.801. The van der Waals surface area contributed by atoms with Crippen LogP contribution in [-0.2, 0) is 10.0 Å². The fourth-order valence-electron chi connectivity index (χ4n) is 2.05. The minimum atomic E-state index is -3.29. The first-order chi connectivity index (χ1) is 7.59. The van der Waals surface area contributed by atoms with Crippen molar-refractivity contribution in [2.45, 2.75) is 43.4 Å². The van der Waals surface area contributed by atoms with E-state index in [0.29, 0.717) is 5.25 Å². The van der Waals surface area contributed by atoms with E-state index in [2.05, 4.69) is 4.72 Å². The third kappa shape index (κ3) is 4.59. The third-order valence-corrected chi connectivity index (χ3v) is 5.54. The average Bonchev–Trinajstić information content (AvgIpc) is 2.27. The van der Waals surface area contributed by atoms with Gasteiger partial charge in [0.1, 0.15) is 0 Å². The highest BCUT2D eigenvalue weighted by Crippen LogP contribution is 2.27. The molecule has 0 aliphatic heterocycles. The summed E-state index contributed by atoms with van der Waals surface area (Å²) in [7, 11) is -3.29. The van der Waals surface area contributed by atoms with Gasteiger partial charge in [-0.2, -0.15) is 11.8 Å². The van der Waals surface area contributed by atoms with Crippen molar-refractivity contribution in [3.63, 3.8) is 0 Å². The van der Waals surface area contributed by atoms with E-state index >= 15 is 0 Å². The zero-order chi connectivity index (χ0) is 12.0. The zero-order valence-corrected chi connectivity index (χ0v) is 11.2. The van der Waals surface area contributed by atoms with E-state index in [4.69, 9.17) is 0 Å². The Kier molecular flexibility index (Phi) is 6.07. The van der Waals surface area contributed by atoms with Crippen molar-refractivity contribution in [2.24, 2.45) is 0 Å². The van der Waals surface area contributed by atoms with Crippen LogP contribution in [0.15, 0.2) is 0 Å². The van der Waals surface area contributed by atoms with Crippen LogP contribution in [0.25, 0.3) is 0 Å². The Labute approximate surface area is 102 Å². The molecule has 1 aliphatic rings. The Morgan fingerprint density at radius 3 is 2.69 bits per heavy atom. The van der Waals surface area contributed by atoms with Gasteiger partial charge < -0.3 is 0 Å². The number of hydrogen-bond acceptors (Lipinski definition) is 3. The molecule has 0 radical (unpaired) electrons. The molecule has 1 N–H and O–H groups in total. The van der Waals surface area contributed by atoms with Crippen LogP contribution in [-0.4, -0.2) is 38.4 Å². The van der Waals surface area contributed by atoms with E-state index in [1.165, 1.54) is 6.42 Å². The highest BCUT2D eigenvalue weighted by molar-refractivity contribution is 7.99. The molecule has 0 bridgehead atoms. The van der Waals surface area contributed by atoms with Crippen molar-refractivity contribution >= 4 is 21.8 Å². The molecular formula is C10H20FNO2S2. The Balaban J connectivity index is 2.50. The zero-order valence-electron chi connectivity index (χ0n) is 9.62. The van der Waals surface area contributed by atoms with Crippen molar-refractivity contribution in [1.29, 1.82) is 0 Å². The van der Waals surface area contributed by atoms with Crippen LogP contribution in [0.5, 0.6) is 0 Å². The Morgan fingerprint density at radius 1 is 1.38 bits per heavy atom. The molecule has 16 heavy (non-hydrogen) atoms. The fraction of sp³-hybridized carbons (Fsp3) is 1.00. The maximum absolute atomic E-state index is 11.9. The molecule has 0 unspecified atom stereocenters. The van der Waals surface area contributed by atoms with E-state index in [1.54, 1.807) is 11.8 Å². The van der Waals surface area contributed by atoms with Crippen LogP contribution in [0.2, 0.25) is 0 Å². The summed E-state index contributed by atoms with van der Waals surface area (Å²) in [6, 6.07) is 0.0355. The van der Waals surface area contributed by atoms with Crippen molar-refractivity contribution in [1.82, 2.24) is 4.72 Å². The summed E-state index contributed by atoms with van der Waals surface area (Å²) in [4.78, 5) is 0. The largest absolute Gasteiger partial charge is 0.251 e. The molecule has 0 aromatic heterocycles. The lowest BCUT2D eigenvalue weighted by atomic mass is 9.96. The van der Waals surface area contributed by atoms with Crippen LogP contribution in [0.1, 0.15) is 32.1 Å². The minimum Gasteiger partial charge on any atom is -0.251 e. The maximum atomic E-state index is 11.9. The molecule has 6 heteroatoms. The van der Waals surface area contributed by atoms with E-state index in [9.17, 15) is 12.8 Å². The monoisotopic (exact) mass is 269 g/mol. The molecule has 1 aliphatic carbocycles. The van der Waals surface area contributed by atoms with Gasteiger partial charge in [0.05, 0.1) is 12.4 Å². The first-order valence-electron chi connectivity index (χ1n) is 5.68. The lowest BCUT2D eigenvalue weighted by molar-refractivity contribution is 0.421. The van der Waals surface area contributed by atoms with Gasteiger partial charge in [-0.15, -0.1) is 0 Å². The van der Waals surface area contributed by atoms with Crippen LogP contribution in [0.4, 0.5) is 4.39 Å². The van der Waals surface area contributed by atoms with Crippen LogP contribution < -0.4 is 4.72 Å². The predicted octanol–water partition coefficient (Wildman–Crippen LogP) is 1.94. The highest BCUT2D eigenvalue weighted by atomic mass is 32.2. The van der Waals surface area contributed by atoms with Crippen molar-refractivity contribution in [3.8, 4) is 0 Å². The molecule has 0 aromatic carbocycles. The molecule has 3 nitrogen and oxygen atoms in total. The summed E-state index contributed by atoms with van der Waals surface area (Å²) in [6.45, 7) is -0.572. The number of nitrogens with one attached hydrogen (secondary N) is 1. The van der Waals surface area contributed by atoms with Gasteiger partial charge in [-0.05, 0) is 25.5 Å². The topological polar surface area (TPSA) is 46.2 Å². The molecule has 96 valence electrons. The van der Waals surface area contributed by atoms with Gasteiger partial charge in [0.2, 0.25) is 10.0 Å². The lowest BCUT2D eigenvalue weighted by Gasteiger charge is -2.30. The first-order valence-corrected chi connectivity index (χ1v) is 8.62. The summed E-state index contributed by atoms with van der Waals surface area (Å²) in [5.74, 6) is -0.0961. The average molecular weight is 269 g/mol. The summed E-state index contributed by atoms with van der Waals surface area (Å²) >= 11 is 1.72. The van der Waals surface area contributed by atoms with Crippen LogP contribution in [0.3, 0.4) is 0 Å². The molecule has 1 saturated carbocycles. The van der Waals surface area contributed by atoms with Gasteiger partial charge in [-0.25, -0.2) is 13.1 Å². The number of rotatable bonds is 6.